The van der Waals surface area contributed by atoms with Crippen molar-refractivity contribution >= 4 is 28.8 Å². The van der Waals surface area contributed by atoms with Crippen molar-refractivity contribution in [2.24, 2.45) is 5.92 Å². The third-order valence-electron chi connectivity index (χ3n) is 5.79. The molecule has 2 aromatic heterocycles. The lowest BCUT2D eigenvalue weighted by atomic mass is 9.93. The minimum Gasteiger partial charge on any atom is -0.366 e. The summed E-state index contributed by atoms with van der Waals surface area (Å²) >= 11 is 0. The number of carbonyl (C=O) groups excluding carboxylic acids is 2. The molecule has 8 nitrogen and oxygen atoms in total. The Kier molecular flexibility index (Phi) is 5.02. The summed E-state index contributed by atoms with van der Waals surface area (Å²) < 4.78 is 0. The van der Waals surface area contributed by atoms with Crippen LogP contribution in [0.3, 0.4) is 0 Å². The second kappa shape index (κ2) is 7.61. The van der Waals surface area contributed by atoms with Gasteiger partial charge < -0.3 is 20.5 Å². The van der Waals surface area contributed by atoms with E-state index in [1.165, 1.54) is 12.5 Å². The van der Waals surface area contributed by atoms with E-state index in [1.807, 2.05) is 4.90 Å². The van der Waals surface area contributed by atoms with Gasteiger partial charge in [0, 0.05) is 31.4 Å². The van der Waals surface area contributed by atoms with Gasteiger partial charge in [0.05, 0.1) is 11.8 Å². The second-order valence-corrected chi connectivity index (χ2v) is 7.76. The predicted octanol–water partition coefficient (Wildman–Crippen LogP) is 2.08. The Hall–Kier alpha value is -2.90. The molecule has 0 aromatic carbocycles. The summed E-state index contributed by atoms with van der Waals surface area (Å²) in [4.78, 5) is 38.3. The Morgan fingerprint density at radius 1 is 1.36 bits per heavy atom. The lowest BCUT2D eigenvalue weighted by Crippen LogP contribution is -2.47. The largest absolute Gasteiger partial charge is 0.366 e. The highest BCUT2D eigenvalue weighted by atomic mass is 16.2. The normalized spacial score (nSPS) is 22.5. The number of fused-ring (bicyclic) bond motifs is 1. The monoisotopic (exact) mass is 382 g/mol. The van der Waals surface area contributed by atoms with Crippen molar-refractivity contribution in [2.75, 3.05) is 18.4 Å². The minimum atomic E-state index is -0.105. The number of nitrogens with one attached hydrogen (secondary N) is 3. The first-order chi connectivity index (χ1) is 13.5. The standard InChI is InChI=1S/C20H26N6O2/c1-3-17(27)26-8-7-15(12(2)11-26)24-16-10-22-19-18(25-16)14(9-21-19)20(28)23-13-5-4-6-13/h3,9-10,12-13,15H,1,4-8,11H2,2H3,(H,21,22)(H,23,28)(H,24,25). The van der Waals surface area contributed by atoms with Crippen molar-refractivity contribution in [1.82, 2.24) is 25.2 Å². The molecule has 0 spiro atoms. The first-order valence-corrected chi connectivity index (χ1v) is 9.88. The molecular weight excluding hydrogens is 356 g/mol. The highest BCUT2D eigenvalue weighted by molar-refractivity contribution is 6.04. The third kappa shape index (κ3) is 3.58. The maximum atomic E-state index is 12.5. The summed E-state index contributed by atoms with van der Waals surface area (Å²) in [5, 5.41) is 6.48. The molecule has 2 unspecified atom stereocenters. The average Bonchev–Trinajstić information content (AvgIpc) is 3.09. The molecule has 4 rings (SSSR count). The third-order valence-corrected chi connectivity index (χ3v) is 5.79. The van der Waals surface area contributed by atoms with Crippen LogP contribution in [0.5, 0.6) is 0 Å². The average molecular weight is 382 g/mol. The molecule has 2 aliphatic rings. The lowest BCUT2D eigenvalue weighted by Gasteiger charge is -2.37. The van der Waals surface area contributed by atoms with Gasteiger partial charge in [0.1, 0.15) is 11.3 Å². The van der Waals surface area contributed by atoms with Crippen LogP contribution in [-0.2, 0) is 4.79 Å². The van der Waals surface area contributed by atoms with Gasteiger partial charge in [-0.2, -0.15) is 0 Å². The molecule has 0 bridgehead atoms. The van der Waals surface area contributed by atoms with Crippen molar-refractivity contribution in [1.29, 1.82) is 0 Å². The molecule has 2 atom stereocenters. The van der Waals surface area contributed by atoms with Crippen LogP contribution < -0.4 is 10.6 Å². The number of anilines is 1. The molecule has 8 heteroatoms. The molecule has 3 N–H and O–H groups in total. The van der Waals surface area contributed by atoms with Crippen LogP contribution >= 0.6 is 0 Å². The van der Waals surface area contributed by atoms with Gasteiger partial charge in [-0.3, -0.25) is 9.59 Å². The van der Waals surface area contributed by atoms with E-state index in [4.69, 9.17) is 0 Å². The Balaban J connectivity index is 1.47. The number of piperidine rings is 1. The molecule has 148 valence electrons. The number of hydrogen-bond acceptors (Lipinski definition) is 5. The van der Waals surface area contributed by atoms with Crippen LogP contribution in [0.15, 0.2) is 25.0 Å². The molecule has 2 fully saturated rings. The summed E-state index contributed by atoms with van der Waals surface area (Å²) in [5.41, 5.74) is 1.70. The summed E-state index contributed by atoms with van der Waals surface area (Å²) in [6.45, 7) is 7.03. The molecule has 1 saturated carbocycles. The first kappa shape index (κ1) is 18.5. The quantitative estimate of drug-likeness (QED) is 0.687. The van der Waals surface area contributed by atoms with E-state index in [2.05, 4.69) is 39.1 Å². The molecule has 0 radical (unpaired) electrons. The smallest absolute Gasteiger partial charge is 0.255 e. The van der Waals surface area contributed by atoms with Crippen LogP contribution in [0, 0.1) is 5.92 Å². The van der Waals surface area contributed by atoms with Crippen molar-refractivity contribution in [3.8, 4) is 0 Å². The Bertz CT molecular complexity index is 903. The zero-order chi connectivity index (χ0) is 19.7. The van der Waals surface area contributed by atoms with Gasteiger partial charge in [0.15, 0.2) is 5.65 Å². The number of amides is 2. The summed E-state index contributed by atoms with van der Waals surface area (Å²) in [6, 6.07) is 0.461. The van der Waals surface area contributed by atoms with Crippen molar-refractivity contribution < 1.29 is 9.59 Å². The number of carbonyl (C=O) groups is 2. The Morgan fingerprint density at radius 2 is 2.18 bits per heavy atom. The van der Waals surface area contributed by atoms with Gasteiger partial charge in [0.2, 0.25) is 5.91 Å². The predicted molar refractivity (Wildman–Crippen MR) is 107 cm³/mol. The number of likely N-dealkylation sites (tertiary alicyclic amines) is 1. The van der Waals surface area contributed by atoms with Gasteiger partial charge >= 0.3 is 0 Å². The lowest BCUT2D eigenvalue weighted by molar-refractivity contribution is -0.127. The number of nitrogens with zero attached hydrogens (tertiary/aromatic N) is 3. The molecule has 1 aliphatic carbocycles. The van der Waals surface area contributed by atoms with E-state index in [0.29, 0.717) is 35.6 Å². The van der Waals surface area contributed by atoms with Crippen LogP contribution in [0.1, 0.15) is 43.0 Å². The van der Waals surface area contributed by atoms with E-state index >= 15 is 0 Å². The van der Waals surface area contributed by atoms with Gasteiger partial charge in [-0.15, -0.1) is 0 Å². The van der Waals surface area contributed by atoms with E-state index < -0.39 is 0 Å². The van der Waals surface area contributed by atoms with Crippen LogP contribution in [0.2, 0.25) is 0 Å². The Morgan fingerprint density at radius 3 is 2.86 bits per heavy atom. The second-order valence-electron chi connectivity index (χ2n) is 7.76. The van der Waals surface area contributed by atoms with E-state index in [1.54, 1.807) is 12.4 Å². The fourth-order valence-electron chi connectivity index (χ4n) is 3.83. The molecule has 1 aliphatic heterocycles. The van der Waals surface area contributed by atoms with Crippen LogP contribution in [0.4, 0.5) is 5.82 Å². The summed E-state index contributed by atoms with van der Waals surface area (Å²) in [6.07, 6.45) is 8.78. The topological polar surface area (TPSA) is 103 Å². The number of rotatable bonds is 5. The fourth-order valence-corrected chi connectivity index (χ4v) is 3.83. The van der Waals surface area contributed by atoms with Gasteiger partial charge in [-0.05, 0) is 37.7 Å². The molecule has 2 amide bonds. The van der Waals surface area contributed by atoms with Gasteiger partial charge in [0.25, 0.3) is 5.91 Å². The molecule has 3 heterocycles. The highest BCUT2D eigenvalue weighted by Crippen LogP contribution is 2.23. The first-order valence-electron chi connectivity index (χ1n) is 9.88. The van der Waals surface area contributed by atoms with E-state index in [-0.39, 0.29) is 29.8 Å². The van der Waals surface area contributed by atoms with E-state index in [9.17, 15) is 9.59 Å². The minimum absolute atomic E-state index is 0.0269. The molecule has 1 saturated heterocycles. The van der Waals surface area contributed by atoms with Crippen molar-refractivity contribution in [2.45, 2.75) is 44.7 Å². The van der Waals surface area contributed by atoms with Gasteiger partial charge in [-0.1, -0.05) is 13.5 Å². The maximum Gasteiger partial charge on any atom is 0.255 e. The van der Waals surface area contributed by atoms with Crippen LogP contribution in [-0.4, -0.2) is 56.8 Å². The van der Waals surface area contributed by atoms with Gasteiger partial charge in [-0.25, -0.2) is 9.97 Å². The fraction of sp³-hybridized carbons (Fsp3) is 0.500. The number of hydrogen-bond donors (Lipinski definition) is 3. The highest BCUT2D eigenvalue weighted by Gasteiger charge is 2.28. The molecule has 28 heavy (non-hydrogen) atoms. The Labute approximate surface area is 163 Å². The number of aromatic amines is 1. The zero-order valence-corrected chi connectivity index (χ0v) is 16.1. The summed E-state index contributed by atoms with van der Waals surface area (Å²) in [7, 11) is 0. The zero-order valence-electron chi connectivity index (χ0n) is 16.1. The number of H-pyrrole nitrogens is 1. The van der Waals surface area contributed by atoms with Crippen LogP contribution in [0.25, 0.3) is 11.2 Å². The summed E-state index contributed by atoms with van der Waals surface area (Å²) in [5.74, 6) is 0.779. The number of aromatic nitrogens is 3. The van der Waals surface area contributed by atoms with E-state index in [0.717, 1.165) is 19.3 Å². The SMILES string of the molecule is C=CC(=O)N1CCC(Nc2cnc3[nH]cc(C(=O)NC4CCC4)c3n2)C(C)C1. The molecular formula is C20H26N6O2. The van der Waals surface area contributed by atoms with Crippen molar-refractivity contribution in [3.63, 3.8) is 0 Å². The molecule has 2 aromatic rings. The maximum absolute atomic E-state index is 12.5. The van der Waals surface area contributed by atoms with Crippen molar-refractivity contribution in [3.05, 3.63) is 30.6 Å².